The van der Waals surface area contributed by atoms with E-state index in [1.165, 1.54) is 6.33 Å². The van der Waals surface area contributed by atoms with Gasteiger partial charge in [-0.1, -0.05) is 13.8 Å². The van der Waals surface area contributed by atoms with Crippen LogP contribution in [-0.2, 0) is 0 Å². The van der Waals surface area contributed by atoms with Gasteiger partial charge in [0.25, 0.3) is 0 Å². The van der Waals surface area contributed by atoms with E-state index < -0.39 is 0 Å². The van der Waals surface area contributed by atoms with Gasteiger partial charge in [-0.25, -0.2) is 9.97 Å². The van der Waals surface area contributed by atoms with Crippen molar-refractivity contribution in [2.75, 3.05) is 33.4 Å². The van der Waals surface area contributed by atoms with Crippen molar-refractivity contribution in [3.63, 3.8) is 0 Å². The first-order valence-corrected chi connectivity index (χ1v) is 10.1. The van der Waals surface area contributed by atoms with Crippen LogP contribution in [0.25, 0.3) is 21.8 Å². The molecule has 4 aromatic rings. The fourth-order valence-corrected chi connectivity index (χ4v) is 3.43. The van der Waals surface area contributed by atoms with Gasteiger partial charge in [0.2, 0.25) is 5.88 Å². The van der Waals surface area contributed by atoms with Crippen molar-refractivity contribution in [3.8, 4) is 23.1 Å². The molecular weight excluding hydrogens is 380 g/mol. The van der Waals surface area contributed by atoms with E-state index in [9.17, 15) is 0 Å². The molecule has 0 fully saturated rings. The van der Waals surface area contributed by atoms with Gasteiger partial charge in [0, 0.05) is 29.7 Å². The molecule has 0 unspecified atom stereocenters. The zero-order chi connectivity index (χ0) is 20.9. The lowest BCUT2D eigenvalue weighted by molar-refractivity contribution is 0.217. The molecule has 0 aliphatic rings. The second-order valence-corrected chi connectivity index (χ2v) is 6.90. The zero-order valence-electron chi connectivity index (χ0n) is 17.5. The van der Waals surface area contributed by atoms with Gasteiger partial charge in [0.1, 0.15) is 18.7 Å². The Kier molecular flexibility index (Phi) is 5.99. The fraction of sp³-hybridized carbons (Fsp3) is 0.304. The van der Waals surface area contributed by atoms with Crippen LogP contribution in [0.4, 0.5) is 0 Å². The van der Waals surface area contributed by atoms with Crippen molar-refractivity contribution >= 4 is 21.8 Å². The third kappa shape index (κ3) is 4.16. The molecule has 2 aromatic carbocycles. The lowest BCUT2D eigenvalue weighted by Crippen LogP contribution is -2.27. The van der Waals surface area contributed by atoms with Crippen LogP contribution in [0, 0.1) is 0 Å². The van der Waals surface area contributed by atoms with Crippen molar-refractivity contribution in [1.82, 2.24) is 19.9 Å². The molecule has 0 aliphatic carbocycles. The largest absolute Gasteiger partial charge is 0.493 e. The van der Waals surface area contributed by atoms with Gasteiger partial charge in [-0.05, 0) is 43.4 Å². The number of aromatic amines is 1. The zero-order valence-corrected chi connectivity index (χ0v) is 17.5. The summed E-state index contributed by atoms with van der Waals surface area (Å²) >= 11 is 0. The number of nitrogens with one attached hydrogen (secondary N) is 1. The third-order valence-electron chi connectivity index (χ3n) is 5.18. The molecule has 0 amide bonds. The van der Waals surface area contributed by atoms with Crippen LogP contribution >= 0.6 is 0 Å². The first kappa shape index (κ1) is 20.0. The van der Waals surface area contributed by atoms with Gasteiger partial charge in [-0.2, -0.15) is 0 Å². The highest BCUT2D eigenvalue weighted by Crippen LogP contribution is 2.36. The highest BCUT2D eigenvalue weighted by atomic mass is 16.5. The maximum Gasteiger partial charge on any atom is 0.230 e. The lowest BCUT2D eigenvalue weighted by atomic mass is 10.2. The summed E-state index contributed by atoms with van der Waals surface area (Å²) in [5, 5.41) is 1.84. The Balaban J connectivity index is 1.60. The molecule has 0 aliphatic heterocycles. The van der Waals surface area contributed by atoms with E-state index in [-0.39, 0.29) is 0 Å². The Morgan fingerprint density at radius 1 is 1.00 bits per heavy atom. The standard InChI is InChI=1S/C23H26N4O3/c1-4-27(5-2)10-11-29-22-14-20-18(13-21(22)28-3)23(26-15-25-20)30-17-6-7-19-16(12-17)8-9-24-19/h6-9,12-15,24H,4-5,10-11H2,1-3H3. The number of fused-ring (bicyclic) bond motifs is 2. The third-order valence-corrected chi connectivity index (χ3v) is 5.18. The van der Waals surface area contributed by atoms with Crippen molar-refractivity contribution in [3.05, 3.63) is 48.9 Å². The SMILES string of the molecule is CCN(CC)CCOc1cc2ncnc(Oc3ccc4[nH]ccc4c3)c2cc1OC. The van der Waals surface area contributed by atoms with Crippen molar-refractivity contribution in [2.24, 2.45) is 0 Å². The average molecular weight is 406 g/mol. The van der Waals surface area contributed by atoms with Crippen molar-refractivity contribution in [1.29, 1.82) is 0 Å². The molecule has 156 valence electrons. The number of hydrogen-bond donors (Lipinski definition) is 1. The maximum atomic E-state index is 6.08. The monoisotopic (exact) mass is 406 g/mol. The quantitative estimate of drug-likeness (QED) is 0.437. The number of benzene rings is 2. The molecule has 2 aromatic heterocycles. The smallest absolute Gasteiger partial charge is 0.230 e. The van der Waals surface area contributed by atoms with Crippen molar-refractivity contribution < 1.29 is 14.2 Å². The Bertz CT molecular complexity index is 1140. The van der Waals surface area contributed by atoms with Gasteiger partial charge in [-0.3, -0.25) is 0 Å². The molecule has 0 spiro atoms. The number of rotatable bonds is 9. The van der Waals surface area contributed by atoms with Gasteiger partial charge in [-0.15, -0.1) is 0 Å². The number of nitrogens with zero attached hydrogens (tertiary/aromatic N) is 3. The second kappa shape index (κ2) is 9.00. The maximum absolute atomic E-state index is 6.08. The van der Waals surface area contributed by atoms with Gasteiger partial charge in [0.15, 0.2) is 11.5 Å². The predicted octanol–water partition coefficient (Wildman–Crippen LogP) is 4.63. The Morgan fingerprint density at radius 3 is 2.67 bits per heavy atom. The topological polar surface area (TPSA) is 72.5 Å². The van der Waals surface area contributed by atoms with Crippen molar-refractivity contribution in [2.45, 2.75) is 13.8 Å². The Hall–Kier alpha value is -3.32. The van der Waals surface area contributed by atoms with Gasteiger partial charge >= 0.3 is 0 Å². The number of H-pyrrole nitrogens is 1. The molecule has 7 nitrogen and oxygen atoms in total. The molecule has 30 heavy (non-hydrogen) atoms. The molecule has 0 radical (unpaired) electrons. The molecule has 0 atom stereocenters. The summed E-state index contributed by atoms with van der Waals surface area (Å²) < 4.78 is 17.6. The van der Waals surface area contributed by atoms with Gasteiger partial charge < -0.3 is 24.1 Å². The van der Waals surface area contributed by atoms with E-state index in [1.807, 2.05) is 42.6 Å². The number of hydrogen-bond acceptors (Lipinski definition) is 6. The number of aromatic nitrogens is 3. The number of methoxy groups -OCH3 is 1. The predicted molar refractivity (Wildman–Crippen MR) is 118 cm³/mol. The first-order chi connectivity index (χ1) is 14.7. The van der Waals surface area contributed by atoms with Crippen LogP contribution in [-0.4, -0.2) is 53.2 Å². The summed E-state index contributed by atoms with van der Waals surface area (Å²) in [4.78, 5) is 14.2. The van der Waals surface area contributed by atoms with Crippen LogP contribution < -0.4 is 14.2 Å². The number of ether oxygens (including phenoxy) is 3. The normalized spacial score (nSPS) is 11.3. The molecular formula is C23H26N4O3. The van der Waals surface area contributed by atoms with Crippen LogP contribution in [0.3, 0.4) is 0 Å². The molecule has 4 rings (SSSR count). The first-order valence-electron chi connectivity index (χ1n) is 10.1. The van der Waals surface area contributed by atoms with Gasteiger partial charge in [0.05, 0.1) is 18.0 Å². The fourth-order valence-electron chi connectivity index (χ4n) is 3.43. The molecule has 1 N–H and O–H groups in total. The highest BCUT2D eigenvalue weighted by Gasteiger charge is 2.14. The summed E-state index contributed by atoms with van der Waals surface area (Å²) in [7, 11) is 1.63. The Morgan fingerprint density at radius 2 is 1.87 bits per heavy atom. The molecule has 0 bridgehead atoms. The second-order valence-electron chi connectivity index (χ2n) is 6.90. The molecule has 2 heterocycles. The van der Waals surface area contributed by atoms with E-state index in [1.54, 1.807) is 7.11 Å². The summed E-state index contributed by atoms with van der Waals surface area (Å²) in [5.74, 6) is 2.47. The minimum Gasteiger partial charge on any atom is -0.493 e. The lowest BCUT2D eigenvalue weighted by Gasteiger charge is -2.19. The highest BCUT2D eigenvalue weighted by molar-refractivity contribution is 5.87. The summed E-state index contributed by atoms with van der Waals surface area (Å²) in [5.41, 5.74) is 1.80. The molecule has 0 saturated heterocycles. The van der Waals surface area contributed by atoms with Crippen LogP contribution in [0.2, 0.25) is 0 Å². The van der Waals surface area contributed by atoms with E-state index >= 15 is 0 Å². The van der Waals surface area contributed by atoms with Crippen LogP contribution in [0.1, 0.15) is 13.8 Å². The Labute approximate surface area is 175 Å². The summed E-state index contributed by atoms with van der Waals surface area (Å²) in [6.45, 7) is 7.72. The van der Waals surface area contributed by atoms with Crippen LogP contribution in [0.15, 0.2) is 48.9 Å². The van der Waals surface area contributed by atoms with Crippen LogP contribution in [0.5, 0.6) is 23.1 Å². The van der Waals surface area contributed by atoms with E-state index in [2.05, 4.69) is 33.7 Å². The minimum atomic E-state index is 0.475. The summed E-state index contributed by atoms with van der Waals surface area (Å²) in [6.07, 6.45) is 3.40. The minimum absolute atomic E-state index is 0.475. The number of likely N-dealkylation sites (N-methyl/N-ethyl adjacent to an activating group) is 1. The van der Waals surface area contributed by atoms with E-state index in [0.29, 0.717) is 29.7 Å². The molecule has 7 heteroatoms. The summed E-state index contributed by atoms with van der Waals surface area (Å²) in [6, 6.07) is 11.6. The van der Waals surface area contributed by atoms with E-state index in [4.69, 9.17) is 14.2 Å². The van der Waals surface area contributed by atoms with E-state index in [0.717, 1.165) is 41.4 Å². The molecule has 0 saturated carbocycles. The average Bonchev–Trinajstić information content (AvgIpc) is 3.24.